The predicted octanol–water partition coefficient (Wildman–Crippen LogP) is 10.5. The minimum atomic E-state index is -1.72. The van der Waals surface area contributed by atoms with Crippen molar-refractivity contribution in [1.82, 2.24) is 74.9 Å². The first-order valence-electron chi connectivity index (χ1n) is 28.8. The van der Waals surface area contributed by atoms with Gasteiger partial charge >= 0.3 is 7.12 Å². The minimum absolute atomic E-state index is 0.0107. The molecule has 93 heavy (non-hydrogen) atoms. The number of imidazole rings is 2. The molecule has 4 aromatic carbocycles. The van der Waals surface area contributed by atoms with Crippen molar-refractivity contribution in [3.05, 3.63) is 218 Å². The number of carbonyl (C=O) groups excluding carboxylic acids is 3. The van der Waals surface area contributed by atoms with E-state index in [1.807, 2.05) is 69.0 Å². The molecule has 0 aliphatic rings. The maximum atomic E-state index is 15.0. The maximum absolute atomic E-state index is 15.0. The van der Waals surface area contributed by atoms with E-state index in [-0.39, 0.29) is 46.8 Å². The van der Waals surface area contributed by atoms with E-state index in [0.29, 0.717) is 56.4 Å². The van der Waals surface area contributed by atoms with Gasteiger partial charge in [0, 0.05) is 108 Å². The quantitative estimate of drug-likeness (QED) is 0.0441. The van der Waals surface area contributed by atoms with Crippen LogP contribution in [0.4, 0.5) is 20.3 Å². The second kappa shape index (κ2) is 30.4. The van der Waals surface area contributed by atoms with Crippen molar-refractivity contribution in [2.45, 2.75) is 65.5 Å². The van der Waals surface area contributed by atoms with Gasteiger partial charge in [-0.1, -0.05) is 90.1 Å². The summed E-state index contributed by atoms with van der Waals surface area (Å²) in [6.45, 7) is 12.8. The number of aromatic amines is 2. The number of fused-ring (bicyclic) bond motifs is 2. The van der Waals surface area contributed by atoms with E-state index in [4.69, 9.17) is 21.5 Å². The lowest BCUT2D eigenvalue weighted by atomic mass is 9.80. The number of aldehydes is 1. The number of carbonyl (C=O) groups is 3. The number of pyridine rings is 3. The fraction of sp³-hybridized carbons (Fsp3) is 0.197. The number of anilines is 2. The van der Waals surface area contributed by atoms with Crippen LogP contribution < -0.4 is 27.6 Å². The Balaban J connectivity index is 0.000000167. The Hall–Kier alpha value is -10.1. The van der Waals surface area contributed by atoms with Gasteiger partial charge in [-0.15, -0.1) is 0 Å². The Morgan fingerprint density at radius 3 is 1.47 bits per heavy atom. The van der Waals surface area contributed by atoms with Gasteiger partial charge in [0.05, 0.1) is 52.0 Å². The van der Waals surface area contributed by atoms with Crippen LogP contribution in [0.15, 0.2) is 168 Å². The SMILES string of the molecule is CC(C)(C)c1ccc(C(=O)NCc2ccc(B(O)O)cc2F)cc1.Cn1cc(-c2nc3nccc(-c4ccc(CNC(=O)c5ccc(C(C)(C)C)cc5)c(F)c4)c3[nH]2)cn1.Cn1cc(-c2nc3nccc(Br)c3[nH]2)cn1.Cn1cc(C=O)cn1.Nc1nccc(Br)c1N. The van der Waals surface area contributed by atoms with Crippen molar-refractivity contribution in [2.24, 2.45) is 21.1 Å². The second-order valence-corrected chi connectivity index (χ2v) is 24.9. The van der Waals surface area contributed by atoms with Crippen LogP contribution in [-0.2, 0) is 45.1 Å². The molecule has 0 saturated carbocycles. The van der Waals surface area contributed by atoms with Crippen LogP contribution in [-0.4, -0.2) is 99.5 Å². The lowest BCUT2D eigenvalue weighted by Crippen LogP contribution is -2.30. The minimum Gasteiger partial charge on any atom is -0.423 e. The number of rotatable bonds is 11. The van der Waals surface area contributed by atoms with E-state index >= 15 is 4.39 Å². The number of hydrogen-bond acceptors (Lipinski definition) is 15. The normalized spacial score (nSPS) is 11.0. The molecule has 27 heteroatoms. The van der Waals surface area contributed by atoms with Crippen LogP contribution in [0.5, 0.6) is 0 Å². The summed E-state index contributed by atoms with van der Waals surface area (Å²) in [6, 6.07) is 29.1. The fourth-order valence-electron chi connectivity index (χ4n) is 8.88. The molecular formula is C66H68BBr2F2N17O5. The summed E-state index contributed by atoms with van der Waals surface area (Å²) in [7, 11) is 3.77. The molecule has 8 heterocycles. The fourth-order valence-corrected chi connectivity index (χ4v) is 9.60. The second-order valence-electron chi connectivity index (χ2n) is 23.2. The number of aromatic nitrogens is 13. The zero-order valence-corrected chi connectivity index (χ0v) is 55.5. The molecule has 12 aromatic rings. The highest BCUT2D eigenvalue weighted by Crippen LogP contribution is 2.31. The van der Waals surface area contributed by atoms with Gasteiger partial charge in [-0.05, 0) is 119 Å². The van der Waals surface area contributed by atoms with E-state index in [1.54, 1.807) is 94.7 Å². The first-order chi connectivity index (χ1) is 44.1. The number of nitrogens with one attached hydrogen (secondary N) is 4. The van der Waals surface area contributed by atoms with Crippen molar-refractivity contribution in [1.29, 1.82) is 0 Å². The van der Waals surface area contributed by atoms with Gasteiger partial charge in [-0.25, -0.2) is 33.7 Å². The summed E-state index contributed by atoms with van der Waals surface area (Å²) >= 11 is 6.66. The Bertz CT molecular complexity index is 4530. The molecule has 0 fully saturated rings. The maximum Gasteiger partial charge on any atom is 0.488 e. The summed E-state index contributed by atoms with van der Waals surface area (Å²) in [5.41, 5.74) is 22.2. The van der Waals surface area contributed by atoms with Gasteiger partial charge in [0.25, 0.3) is 11.8 Å². The van der Waals surface area contributed by atoms with Gasteiger partial charge in [-0.2, -0.15) is 15.3 Å². The molecule has 0 aliphatic carbocycles. The average Bonchev–Trinajstić information content (AvgIpc) is 1.69. The molecule has 12 rings (SSSR count). The van der Waals surface area contributed by atoms with Gasteiger partial charge in [-0.3, -0.25) is 28.4 Å². The summed E-state index contributed by atoms with van der Waals surface area (Å²) in [5.74, 6) is 0.272. The standard InChI is InChI=1S/C28H27FN6O.C18H21BFNO3.C10H8BrN5.C5H6BrN3.C5H6N2O/c1-28(2,3)21-9-7-17(8-10-21)27(36)31-14-19-6-5-18(13-23(19)29)22-11-12-30-26-24(22)33-25(34-26)20-15-32-35(4)16-20;1-18(2,3)14-7-4-12(5-8-14)17(22)21-11-13-6-9-15(19(23)24)10-16(13)20;1-16-5-6(4-13-16)9-14-8-7(11)2-3-12-10(8)15-9;6-3-1-2-9-5(8)4(3)7;1-7-3-5(4-8)2-6-7/h5-13,15-16H,14H2,1-4H3,(H,31,36)(H,30,33,34);4-10,23-24H,11H2,1-3H3,(H,21,22);2-5H,1H3,(H,12,14,15);1-2H,7H2,(H2,8,9);2-4H,1H3. The number of aryl methyl sites for hydroxylation is 3. The molecule has 2 amide bonds. The predicted molar refractivity (Wildman–Crippen MR) is 363 cm³/mol. The molecule has 0 radical (unpaired) electrons. The number of halogens is 4. The Morgan fingerprint density at radius 2 is 1.05 bits per heavy atom. The number of nitrogens with zero attached hydrogens (tertiary/aromatic N) is 11. The van der Waals surface area contributed by atoms with Crippen LogP contribution in [0, 0.1) is 11.6 Å². The smallest absolute Gasteiger partial charge is 0.423 e. The summed E-state index contributed by atoms with van der Waals surface area (Å²) in [5, 5.41) is 35.5. The largest absolute Gasteiger partial charge is 0.488 e. The monoisotopic (exact) mass is 1390 g/mol. The first kappa shape index (κ1) is 68.8. The van der Waals surface area contributed by atoms with Crippen molar-refractivity contribution in [2.75, 3.05) is 11.5 Å². The number of benzene rings is 4. The van der Waals surface area contributed by atoms with Crippen LogP contribution >= 0.6 is 31.9 Å². The van der Waals surface area contributed by atoms with Crippen LogP contribution in [0.1, 0.15) is 94.9 Å². The van der Waals surface area contributed by atoms with Gasteiger partial charge in [0.1, 0.15) is 29.1 Å². The van der Waals surface area contributed by atoms with E-state index in [1.165, 1.54) is 24.4 Å². The molecule has 0 saturated heterocycles. The molecule has 10 N–H and O–H groups in total. The van der Waals surface area contributed by atoms with Crippen LogP contribution in [0.2, 0.25) is 0 Å². The highest BCUT2D eigenvalue weighted by atomic mass is 79.9. The number of amides is 2. The first-order valence-corrected chi connectivity index (χ1v) is 30.4. The third-order valence-electron chi connectivity index (χ3n) is 14.2. The molecule has 0 bridgehead atoms. The zero-order valence-electron chi connectivity index (χ0n) is 52.3. The molecule has 0 unspecified atom stereocenters. The van der Waals surface area contributed by atoms with Gasteiger partial charge < -0.3 is 42.1 Å². The number of nitrogens with two attached hydrogens (primary N) is 2. The van der Waals surface area contributed by atoms with Crippen molar-refractivity contribution >= 4 is 96.4 Å². The topological polar surface area (TPSA) is 317 Å². The van der Waals surface area contributed by atoms with E-state index in [2.05, 4.69) is 134 Å². The van der Waals surface area contributed by atoms with E-state index in [9.17, 15) is 18.8 Å². The lowest BCUT2D eigenvalue weighted by Gasteiger charge is -2.19. The molecular weight excluding hydrogens is 1320 g/mol. The van der Waals surface area contributed by atoms with Gasteiger partial charge in [0.2, 0.25) is 0 Å². The highest BCUT2D eigenvalue weighted by Gasteiger charge is 2.19. The zero-order chi connectivity index (χ0) is 67.3. The highest BCUT2D eigenvalue weighted by molar-refractivity contribution is 9.11. The number of hydrogen-bond donors (Lipinski definition) is 8. The molecule has 22 nitrogen and oxygen atoms in total. The Morgan fingerprint density at radius 1 is 0.591 bits per heavy atom. The van der Waals surface area contributed by atoms with E-state index < -0.39 is 18.8 Å². The Kier molecular flexibility index (Phi) is 22.5. The molecule has 0 atom stereocenters. The molecule has 0 spiro atoms. The third-order valence-corrected chi connectivity index (χ3v) is 15.5. The molecule has 0 aliphatic heterocycles. The summed E-state index contributed by atoms with van der Waals surface area (Å²) in [4.78, 5) is 62.5. The average molecular weight is 1390 g/mol. The number of nitrogen functional groups attached to an aromatic ring is 2. The van der Waals surface area contributed by atoms with Crippen molar-refractivity contribution in [3.63, 3.8) is 0 Å². The number of H-pyrrole nitrogens is 2. The van der Waals surface area contributed by atoms with Crippen LogP contribution in [0.25, 0.3) is 56.2 Å². The van der Waals surface area contributed by atoms with Crippen molar-refractivity contribution in [3.8, 4) is 33.9 Å². The summed E-state index contributed by atoms with van der Waals surface area (Å²) < 4.78 is 35.7. The van der Waals surface area contributed by atoms with E-state index in [0.717, 1.165) is 66.0 Å². The van der Waals surface area contributed by atoms with Gasteiger partial charge in [0.15, 0.2) is 17.6 Å². The molecule has 8 aromatic heterocycles. The molecule has 478 valence electrons. The summed E-state index contributed by atoms with van der Waals surface area (Å²) in [6.07, 6.45) is 16.2. The Labute approximate surface area is 551 Å². The van der Waals surface area contributed by atoms with Crippen molar-refractivity contribution < 1.29 is 33.2 Å². The lowest BCUT2D eigenvalue weighted by molar-refractivity contribution is 0.0942. The third kappa shape index (κ3) is 18.3. The van der Waals surface area contributed by atoms with Crippen LogP contribution in [0.3, 0.4) is 0 Å².